The number of halogens is 2. The Morgan fingerprint density at radius 2 is 2.02 bits per heavy atom. The van der Waals surface area contributed by atoms with E-state index in [4.69, 9.17) is 16.6 Å². The second-order valence-electron chi connectivity index (χ2n) is 9.98. The molecule has 1 aliphatic carbocycles. The normalized spacial score (nSPS) is 25.1. The van der Waals surface area contributed by atoms with Crippen molar-refractivity contribution < 1.29 is 38.3 Å². The predicted molar refractivity (Wildman–Crippen MR) is 148 cm³/mol. The molecule has 42 heavy (non-hydrogen) atoms. The first kappa shape index (κ1) is 21.3. The first-order valence-electron chi connectivity index (χ1n) is 15.5. The molecule has 1 amide bonds. The number of rotatable bonds is 5. The molecule has 1 aromatic carbocycles. The zero-order valence-electron chi connectivity index (χ0n) is 26.7. The van der Waals surface area contributed by atoms with Crippen LogP contribution < -0.4 is 19.7 Å². The van der Waals surface area contributed by atoms with Crippen molar-refractivity contribution in [1.82, 2.24) is 20.3 Å². The van der Waals surface area contributed by atoms with Crippen LogP contribution in [0.3, 0.4) is 0 Å². The third-order valence-electron chi connectivity index (χ3n) is 7.15. The molecule has 0 spiro atoms. The van der Waals surface area contributed by atoms with E-state index >= 15 is 8.78 Å². The van der Waals surface area contributed by atoms with Gasteiger partial charge in [0.2, 0.25) is 15.3 Å². The van der Waals surface area contributed by atoms with E-state index in [0.717, 1.165) is 18.4 Å². The highest BCUT2D eigenvalue weighted by Crippen LogP contribution is 2.43. The summed E-state index contributed by atoms with van der Waals surface area (Å²) in [5, 5.41) is 3.17. The van der Waals surface area contributed by atoms with Crippen LogP contribution >= 0.6 is 0 Å². The van der Waals surface area contributed by atoms with E-state index < -0.39 is 56.2 Å². The summed E-state index contributed by atoms with van der Waals surface area (Å²) >= 11 is 0. The lowest BCUT2D eigenvalue weighted by molar-refractivity contribution is 0.0949. The van der Waals surface area contributed by atoms with Crippen molar-refractivity contribution in [1.29, 1.82) is 0 Å². The van der Waals surface area contributed by atoms with Gasteiger partial charge in [0.15, 0.2) is 23.1 Å². The number of amides is 1. The number of benzene rings is 1. The number of carbonyl (C=O) groups is 1. The van der Waals surface area contributed by atoms with Crippen LogP contribution in [0, 0.1) is 5.82 Å². The van der Waals surface area contributed by atoms with Crippen molar-refractivity contribution in [3.05, 3.63) is 71.4 Å². The number of pyridine rings is 3. The van der Waals surface area contributed by atoms with Crippen LogP contribution in [0.2, 0.25) is 0 Å². The van der Waals surface area contributed by atoms with Gasteiger partial charge in [-0.3, -0.25) is 9.78 Å². The van der Waals surface area contributed by atoms with Gasteiger partial charge in [-0.25, -0.2) is 27.2 Å². The summed E-state index contributed by atoms with van der Waals surface area (Å²) in [6.07, 6.45) is 1.60. The molecule has 7 rings (SSSR count). The minimum Gasteiger partial charge on any atom is -0.489 e. The second kappa shape index (κ2) is 10.2. The fraction of sp³-hybridized carbons (Fsp3) is 0.310. The van der Waals surface area contributed by atoms with Gasteiger partial charge in [0.05, 0.1) is 35.0 Å². The Kier molecular flexibility index (Phi) is 5.16. The summed E-state index contributed by atoms with van der Waals surface area (Å²) in [6, 6.07) is 8.36. The number of hydrogen-bond acceptors (Lipinski definition) is 9. The van der Waals surface area contributed by atoms with Crippen LogP contribution in [-0.4, -0.2) is 54.5 Å². The Morgan fingerprint density at radius 3 is 2.86 bits per heavy atom. The minimum atomic E-state index is -5.74. The lowest BCUT2D eigenvalue weighted by atomic mass is 10.1. The van der Waals surface area contributed by atoms with Gasteiger partial charge in [0.25, 0.3) is 5.91 Å². The van der Waals surface area contributed by atoms with Crippen LogP contribution in [-0.2, 0) is 16.4 Å². The van der Waals surface area contributed by atoms with E-state index in [0.29, 0.717) is 65.2 Å². The number of nitrogens with zero attached hydrogens (tertiary/aromatic N) is 4. The first-order chi connectivity index (χ1) is 22.1. The standard InChI is InChI=1S/C29H25F2N5O5S/c30-21-9-18(11-24-27(21)41-7-5-25(31)42(24,38)39)29(37)34-15-20-12-22-17(13-32-20)3-4-26(35-22)36-6-8-40-23-10-19(16-1-2-16)14-33-28(23)36/h3-4,9-14,16,25H,1-2,5-8,15H2,(H,34,37)/t25-/m0/s1/i5D2,7D2,25D. The van der Waals surface area contributed by atoms with Gasteiger partial charge < -0.3 is 19.7 Å². The molecule has 4 aromatic rings. The number of carbonyl (C=O) groups excluding carboxylic acids is 1. The van der Waals surface area contributed by atoms with Crippen molar-refractivity contribution in [3.8, 4) is 11.5 Å². The van der Waals surface area contributed by atoms with E-state index in [1.54, 1.807) is 12.3 Å². The summed E-state index contributed by atoms with van der Waals surface area (Å²) in [4.78, 5) is 27.3. The zero-order chi connectivity index (χ0) is 33.5. The molecule has 0 saturated heterocycles. The molecule has 1 fully saturated rings. The van der Waals surface area contributed by atoms with Crippen LogP contribution in [0.15, 0.2) is 53.7 Å². The van der Waals surface area contributed by atoms with Gasteiger partial charge in [0.1, 0.15) is 17.3 Å². The fourth-order valence-corrected chi connectivity index (χ4v) is 5.86. The highest BCUT2D eigenvalue weighted by atomic mass is 32.2. The summed E-state index contributed by atoms with van der Waals surface area (Å²) in [6.45, 7) is -3.01. The van der Waals surface area contributed by atoms with E-state index in [-0.39, 0.29) is 6.54 Å². The molecule has 216 valence electrons. The number of sulfone groups is 1. The SMILES string of the molecule is [2H]C1([2H])Oc2c(F)cc(C(=O)NCc3cc4nc(N5CCOc6cc(C7CC7)cnc65)ccc4cn3)cc2S(=O)(=O)[C@]([2H])(F)C1([2H])[2H]. The van der Waals surface area contributed by atoms with E-state index in [9.17, 15) is 13.2 Å². The quantitative estimate of drug-likeness (QED) is 0.357. The van der Waals surface area contributed by atoms with E-state index in [1.807, 2.05) is 29.3 Å². The Morgan fingerprint density at radius 1 is 1.17 bits per heavy atom. The number of anilines is 2. The molecule has 1 atom stereocenters. The molecular weight excluding hydrogens is 568 g/mol. The molecule has 2 aliphatic heterocycles. The Labute approximate surface area is 246 Å². The Bertz CT molecular complexity index is 2080. The molecule has 0 radical (unpaired) electrons. The average molecular weight is 599 g/mol. The van der Waals surface area contributed by atoms with E-state index in [2.05, 4.69) is 20.0 Å². The van der Waals surface area contributed by atoms with Gasteiger partial charge in [0, 0.05) is 32.5 Å². The maximum absolute atomic E-state index is 15.2. The van der Waals surface area contributed by atoms with Crippen LogP contribution in [0.4, 0.5) is 20.4 Å². The number of aromatic nitrogens is 3. The van der Waals surface area contributed by atoms with Crippen LogP contribution in [0.1, 0.15) is 53.6 Å². The second-order valence-corrected chi connectivity index (χ2v) is 11.8. The van der Waals surface area contributed by atoms with Crippen molar-refractivity contribution in [2.45, 2.75) is 42.1 Å². The third kappa shape index (κ3) is 4.77. The highest BCUT2D eigenvalue weighted by Gasteiger charge is 2.36. The lowest BCUT2D eigenvalue weighted by Gasteiger charge is -2.29. The van der Waals surface area contributed by atoms with Crippen molar-refractivity contribution >= 4 is 38.3 Å². The van der Waals surface area contributed by atoms with Crippen LogP contribution in [0.25, 0.3) is 10.9 Å². The number of fused-ring (bicyclic) bond motifs is 3. The summed E-state index contributed by atoms with van der Waals surface area (Å²) in [5.41, 5.74) is -3.23. The number of nitrogens with one attached hydrogen (secondary N) is 1. The van der Waals surface area contributed by atoms with Gasteiger partial charge in [-0.1, -0.05) is 0 Å². The minimum absolute atomic E-state index is 0.217. The number of hydrogen-bond donors (Lipinski definition) is 1. The van der Waals surface area contributed by atoms with Crippen LogP contribution in [0.5, 0.6) is 11.5 Å². The predicted octanol–water partition coefficient (Wildman–Crippen LogP) is 4.35. The topological polar surface area (TPSA) is 124 Å². The fourth-order valence-electron chi connectivity index (χ4n) is 4.82. The molecule has 3 aromatic heterocycles. The van der Waals surface area contributed by atoms with E-state index in [1.165, 1.54) is 0 Å². The molecule has 0 bridgehead atoms. The zero-order valence-corrected chi connectivity index (χ0v) is 22.5. The molecule has 1 N–H and O–H groups in total. The summed E-state index contributed by atoms with van der Waals surface area (Å²) < 4.78 is 105. The maximum Gasteiger partial charge on any atom is 0.251 e. The molecule has 10 nitrogen and oxygen atoms in total. The molecule has 0 unspecified atom stereocenters. The number of ether oxygens (including phenoxy) is 2. The van der Waals surface area contributed by atoms with Gasteiger partial charge in [-0.2, -0.15) is 0 Å². The van der Waals surface area contributed by atoms with Gasteiger partial charge in [-0.15, -0.1) is 0 Å². The smallest absolute Gasteiger partial charge is 0.251 e. The lowest BCUT2D eigenvalue weighted by Crippen LogP contribution is -2.30. The van der Waals surface area contributed by atoms with Crippen molar-refractivity contribution in [2.24, 2.45) is 0 Å². The highest BCUT2D eigenvalue weighted by molar-refractivity contribution is 7.92. The van der Waals surface area contributed by atoms with Crippen molar-refractivity contribution in [2.75, 3.05) is 24.6 Å². The molecule has 1 saturated carbocycles. The Balaban J connectivity index is 1.13. The number of alkyl halides is 1. The molecule has 5 heterocycles. The van der Waals surface area contributed by atoms with Gasteiger partial charge in [-0.05, 0) is 60.7 Å². The van der Waals surface area contributed by atoms with Crippen molar-refractivity contribution in [3.63, 3.8) is 0 Å². The summed E-state index contributed by atoms with van der Waals surface area (Å²) in [7, 11) is -5.74. The molecule has 13 heteroatoms. The van der Waals surface area contributed by atoms with Gasteiger partial charge >= 0.3 is 0 Å². The third-order valence-corrected chi connectivity index (χ3v) is 8.61. The molecule has 3 aliphatic rings. The monoisotopic (exact) mass is 598 g/mol. The Hall–Kier alpha value is -4.39. The largest absolute Gasteiger partial charge is 0.489 e. The summed E-state index contributed by atoms with van der Waals surface area (Å²) in [5.74, 6) is -1.46. The molecular formula is C29H25F2N5O5S. The first-order valence-corrected chi connectivity index (χ1v) is 14.5. The average Bonchev–Trinajstić information content (AvgIpc) is 3.89. The maximum atomic E-state index is 15.2.